The number of carboxylic acid groups (broad SMARTS) is 2. The molecule has 16 heteroatoms. The number of fused-ring (bicyclic) bond motifs is 1. The largest absolute Gasteiger partial charge is 0.490 e. The normalized spacial score (nSPS) is 11.4. The van der Waals surface area contributed by atoms with Crippen LogP contribution < -0.4 is 10.1 Å². The van der Waals surface area contributed by atoms with Crippen molar-refractivity contribution in [2.24, 2.45) is 0 Å². The molecule has 0 unspecified atom stereocenters. The van der Waals surface area contributed by atoms with Crippen molar-refractivity contribution in [3.8, 4) is 5.75 Å². The minimum atomic E-state index is -5.08. The molecule has 0 aliphatic heterocycles. The summed E-state index contributed by atoms with van der Waals surface area (Å²) in [7, 11) is 0. The number of benzene rings is 2. The molecule has 0 spiro atoms. The molecule has 0 bridgehead atoms. The van der Waals surface area contributed by atoms with Crippen LogP contribution in [0.5, 0.6) is 5.75 Å². The molecule has 0 aliphatic carbocycles. The molecule has 0 saturated carbocycles. The summed E-state index contributed by atoms with van der Waals surface area (Å²) in [5.41, 5.74) is 0.867. The number of nitrogens with zero attached hydrogens (tertiary/aromatic N) is 3. The van der Waals surface area contributed by atoms with Crippen molar-refractivity contribution in [1.82, 2.24) is 14.3 Å². The molecule has 0 saturated heterocycles. The number of carboxylic acids is 1. The standard InChI is InChI=1S/C28H27ClF2N4O4.C2HF3O2/c1-16-24(26(36)33-22-11-6-5-8-17(22)13-35(27(37)38)28(2,3)4)34-14-18(29)12-23(25(34)32-16)39-15-19-20(30)9-7-10-21(19)31;3-2(4,5)1(6)7/h5-12,14H,13,15H2,1-4H3,(H,33,36)(H,37,38);(H,6,7). The first-order valence-corrected chi connectivity index (χ1v) is 13.6. The van der Waals surface area contributed by atoms with Gasteiger partial charge in [0.15, 0.2) is 11.4 Å². The Morgan fingerprint density at radius 1 is 1.02 bits per heavy atom. The molecule has 10 nitrogen and oxygen atoms in total. The van der Waals surface area contributed by atoms with Gasteiger partial charge in [-0.3, -0.25) is 14.1 Å². The highest BCUT2D eigenvalue weighted by Crippen LogP contribution is 2.29. The number of carbonyl (C=O) groups is 3. The van der Waals surface area contributed by atoms with Crippen LogP contribution in [0.1, 0.15) is 48.1 Å². The third kappa shape index (κ3) is 8.62. The van der Waals surface area contributed by atoms with Gasteiger partial charge in [-0.05, 0) is 51.5 Å². The maximum atomic E-state index is 14.1. The van der Waals surface area contributed by atoms with Gasteiger partial charge in [-0.15, -0.1) is 0 Å². The van der Waals surface area contributed by atoms with Gasteiger partial charge in [0.25, 0.3) is 5.91 Å². The van der Waals surface area contributed by atoms with Crippen molar-refractivity contribution in [2.45, 2.75) is 52.6 Å². The molecule has 2 aromatic heterocycles. The van der Waals surface area contributed by atoms with E-state index >= 15 is 0 Å². The summed E-state index contributed by atoms with van der Waals surface area (Å²) in [6, 6.07) is 11.9. The number of carbonyl (C=O) groups excluding carboxylic acids is 1. The number of pyridine rings is 1. The van der Waals surface area contributed by atoms with Crippen molar-refractivity contribution in [1.29, 1.82) is 0 Å². The van der Waals surface area contributed by atoms with Gasteiger partial charge in [-0.1, -0.05) is 35.9 Å². The maximum absolute atomic E-state index is 14.1. The molecule has 3 N–H and O–H groups in total. The smallest absolute Gasteiger partial charge is 0.485 e. The van der Waals surface area contributed by atoms with Gasteiger partial charge >= 0.3 is 18.2 Å². The highest BCUT2D eigenvalue weighted by Gasteiger charge is 2.38. The molecular weight excluding hydrogens is 643 g/mol. The first-order chi connectivity index (χ1) is 21.3. The number of amides is 2. The lowest BCUT2D eigenvalue weighted by molar-refractivity contribution is -0.192. The molecule has 0 radical (unpaired) electrons. The number of halogens is 6. The minimum Gasteiger partial charge on any atom is -0.485 e. The predicted octanol–water partition coefficient (Wildman–Crippen LogP) is 7.32. The molecule has 0 atom stereocenters. The molecule has 2 aromatic carbocycles. The molecule has 2 heterocycles. The Morgan fingerprint density at radius 2 is 1.61 bits per heavy atom. The van der Waals surface area contributed by atoms with Crippen LogP contribution in [0.3, 0.4) is 0 Å². The fourth-order valence-electron chi connectivity index (χ4n) is 4.12. The highest BCUT2D eigenvalue weighted by molar-refractivity contribution is 6.30. The van der Waals surface area contributed by atoms with Crippen molar-refractivity contribution in [3.05, 3.63) is 93.9 Å². The fourth-order valence-corrected chi connectivity index (χ4v) is 4.32. The molecular formula is C30H28ClF5N4O6. The number of hydrogen-bond donors (Lipinski definition) is 3. The number of alkyl halides is 3. The van der Waals surface area contributed by atoms with E-state index in [2.05, 4.69) is 10.3 Å². The van der Waals surface area contributed by atoms with Crippen LogP contribution >= 0.6 is 11.6 Å². The van der Waals surface area contributed by atoms with Crippen LogP contribution in [-0.2, 0) is 17.9 Å². The van der Waals surface area contributed by atoms with E-state index in [4.69, 9.17) is 26.2 Å². The van der Waals surface area contributed by atoms with Crippen LogP contribution in [0.15, 0.2) is 54.7 Å². The molecule has 246 valence electrons. The van der Waals surface area contributed by atoms with Crippen LogP contribution in [0.4, 0.5) is 32.4 Å². The van der Waals surface area contributed by atoms with E-state index < -0.39 is 47.9 Å². The number of hydrogen-bond acceptors (Lipinski definition) is 5. The average molecular weight is 671 g/mol. The SMILES string of the molecule is Cc1nc2c(OCc3c(F)cccc3F)cc(Cl)cn2c1C(=O)Nc1ccccc1CN(C(=O)O)C(C)(C)C.O=C(O)C(F)(F)F. The number of anilines is 1. The number of aryl methyl sites for hydroxylation is 1. The fraction of sp³-hybridized carbons (Fsp3) is 0.267. The second-order valence-electron chi connectivity index (χ2n) is 10.7. The third-order valence-electron chi connectivity index (χ3n) is 6.35. The predicted molar refractivity (Wildman–Crippen MR) is 157 cm³/mol. The van der Waals surface area contributed by atoms with Crippen LogP contribution in [0, 0.1) is 18.6 Å². The van der Waals surface area contributed by atoms with Crippen molar-refractivity contribution < 1.29 is 51.3 Å². The van der Waals surface area contributed by atoms with Crippen LogP contribution in [0.2, 0.25) is 5.02 Å². The van der Waals surface area contributed by atoms with Gasteiger partial charge in [-0.25, -0.2) is 23.4 Å². The molecule has 0 fully saturated rings. The minimum absolute atomic E-state index is 0.0534. The van der Waals surface area contributed by atoms with Crippen molar-refractivity contribution in [3.63, 3.8) is 0 Å². The summed E-state index contributed by atoms with van der Waals surface area (Å²) < 4.78 is 67.1. The van der Waals surface area contributed by atoms with E-state index in [0.717, 1.165) is 12.1 Å². The number of aromatic nitrogens is 2. The summed E-state index contributed by atoms with van der Waals surface area (Å²) in [5, 5.41) is 19.9. The molecule has 4 rings (SSSR count). The van der Waals surface area contributed by atoms with E-state index in [1.807, 2.05) is 0 Å². The number of ether oxygens (including phenoxy) is 1. The van der Waals surface area contributed by atoms with E-state index in [1.165, 1.54) is 27.6 Å². The number of para-hydroxylation sites is 1. The first kappa shape index (κ1) is 35.6. The Hall–Kier alpha value is -4.92. The van der Waals surface area contributed by atoms with Crippen molar-refractivity contribution in [2.75, 3.05) is 5.32 Å². The van der Waals surface area contributed by atoms with E-state index in [0.29, 0.717) is 16.9 Å². The lowest BCUT2D eigenvalue weighted by atomic mass is 10.0. The zero-order chi connectivity index (χ0) is 34.6. The van der Waals surface area contributed by atoms with Gasteiger partial charge in [0.2, 0.25) is 0 Å². The van der Waals surface area contributed by atoms with Crippen molar-refractivity contribution >= 4 is 40.9 Å². The van der Waals surface area contributed by atoms with Gasteiger partial charge in [0, 0.05) is 23.5 Å². The second-order valence-corrected chi connectivity index (χ2v) is 11.1. The Balaban J connectivity index is 0.000000738. The second kappa shape index (κ2) is 14.0. The Kier molecular flexibility index (Phi) is 10.8. The number of imidazole rings is 1. The van der Waals surface area contributed by atoms with Crippen LogP contribution in [0.25, 0.3) is 5.65 Å². The molecule has 4 aromatic rings. The monoisotopic (exact) mass is 670 g/mol. The van der Waals surface area contributed by atoms with E-state index in [9.17, 15) is 36.6 Å². The molecule has 46 heavy (non-hydrogen) atoms. The molecule has 2 amide bonds. The zero-order valence-electron chi connectivity index (χ0n) is 24.7. The lowest BCUT2D eigenvalue weighted by Crippen LogP contribution is -2.44. The summed E-state index contributed by atoms with van der Waals surface area (Å²) in [6.45, 7) is 6.63. The Bertz CT molecular complexity index is 1750. The number of rotatable bonds is 7. The average Bonchev–Trinajstić information content (AvgIpc) is 3.26. The summed E-state index contributed by atoms with van der Waals surface area (Å²) in [5.74, 6) is -4.64. The third-order valence-corrected chi connectivity index (χ3v) is 6.56. The quantitative estimate of drug-likeness (QED) is 0.176. The summed E-state index contributed by atoms with van der Waals surface area (Å²) in [4.78, 5) is 40.0. The summed E-state index contributed by atoms with van der Waals surface area (Å²) in [6.07, 6.45) is -4.68. The number of nitrogens with one attached hydrogen (secondary N) is 1. The van der Waals surface area contributed by atoms with Gasteiger partial charge in [0.1, 0.15) is 23.9 Å². The zero-order valence-corrected chi connectivity index (χ0v) is 25.5. The molecule has 0 aliphatic rings. The highest BCUT2D eigenvalue weighted by atomic mass is 35.5. The van der Waals surface area contributed by atoms with Gasteiger partial charge in [0.05, 0.1) is 22.8 Å². The van der Waals surface area contributed by atoms with Gasteiger partial charge < -0.3 is 20.3 Å². The van der Waals surface area contributed by atoms with E-state index in [1.54, 1.807) is 52.0 Å². The first-order valence-electron chi connectivity index (χ1n) is 13.2. The Morgan fingerprint density at radius 3 is 2.15 bits per heavy atom. The van der Waals surface area contributed by atoms with Gasteiger partial charge in [-0.2, -0.15) is 13.2 Å². The van der Waals surface area contributed by atoms with E-state index in [-0.39, 0.29) is 34.2 Å². The topological polar surface area (TPSA) is 133 Å². The van der Waals surface area contributed by atoms with Crippen LogP contribution in [-0.4, -0.2) is 54.2 Å². The summed E-state index contributed by atoms with van der Waals surface area (Å²) >= 11 is 6.30. The number of aliphatic carboxylic acids is 1. The lowest BCUT2D eigenvalue weighted by Gasteiger charge is -2.33. The Labute approximate surface area is 264 Å². The maximum Gasteiger partial charge on any atom is 0.490 e.